The first kappa shape index (κ1) is 8.00. The SMILES string of the molecule is C=C=CCOCC=C=C. The van der Waals surface area contributed by atoms with Crippen LogP contribution in [0.3, 0.4) is 0 Å². The molecule has 1 nitrogen and oxygen atoms in total. The van der Waals surface area contributed by atoms with Crippen molar-refractivity contribution in [3.05, 3.63) is 36.8 Å². The molecule has 0 spiro atoms. The normalized spacial score (nSPS) is 7.11. The van der Waals surface area contributed by atoms with Gasteiger partial charge < -0.3 is 4.74 Å². The van der Waals surface area contributed by atoms with E-state index in [1.165, 1.54) is 0 Å². The van der Waals surface area contributed by atoms with E-state index in [0.717, 1.165) is 0 Å². The highest BCUT2D eigenvalue weighted by Crippen LogP contribution is 1.75. The van der Waals surface area contributed by atoms with Crippen LogP contribution < -0.4 is 0 Å². The summed E-state index contributed by atoms with van der Waals surface area (Å²) in [6, 6.07) is 0. The summed E-state index contributed by atoms with van der Waals surface area (Å²) in [6.45, 7) is 7.87. The Balaban J connectivity index is 3.09. The molecule has 0 bridgehead atoms. The first-order valence-corrected chi connectivity index (χ1v) is 2.68. The first-order chi connectivity index (χ1) is 4.41. The van der Waals surface area contributed by atoms with Crippen molar-refractivity contribution in [3.63, 3.8) is 0 Å². The molecule has 0 aliphatic carbocycles. The van der Waals surface area contributed by atoms with Crippen molar-refractivity contribution in [1.29, 1.82) is 0 Å². The van der Waals surface area contributed by atoms with Crippen molar-refractivity contribution in [3.8, 4) is 0 Å². The van der Waals surface area contributed by atoms with Crippen LogP contribution in [0.1, 0.15) is 0 Å². The van der Waals surface area contributed by atoms with Gasteiger partial charge in [-0.15, -0.1) is 11.5 Å². The summed E-state index contributed by atoms with van der Waals surface area (Å²) in [5.41, 5.74) is 5.19. The van der Waals surface area contributed by atoms with Crippen LogP contribution in [0.2, 0.25) is 0 Å². The lowest BCUT2D eigenvalue weighted by atomic mass is 10.6. The van der Waals surface area contributed by atoms with E-state index in [1.807, 2.05) is 0 Å². The van der Waals surface area contributed by atoms with Crippen LogP contribution >= 0.6 is 0 Å². The van der Waals surface area contributed by atoms with E-state index >= 15 is 0 Å². The second-order valence-electron chi connectivity index (χ2n) is 1.35. The average molecular weight is 122 g/mol. The summed E-state index contributed by atoms with van der Waals surface area (Å²) in [5.74, 6) is 0. The number of hydrogen-bond donors (Lipinski definition) is 0. The molecule has 0 aromatic heterocycles. The van der Waals surface area contributed by atoms with Crippen molar-refractivity contribution in [2.45, 2.75) is 0 Å². The smallest absolute Gasteiger partial charge is 0.0725 e. The van der Waals surface area contributed by atoms with Gasteiger partial charge >= 0.3 is 0 Å². The molecule has 0 saturated carbocycles. The van der Waals surface area contributed by atoms with Crippen molar-refractivity contribution in [2.75, 3.05) is 13.2 Å². The van der Waals surface area contributed by atoms with Crippen molar-refractivity contribution < 1.29 is 4.74 Å². The molecular weight excluding hydrogens is 112 g/mol. The van der Waals surface area contributed by atoms with Gasteiger partial charge in [0.25, 0.3) is 0 Å². The lowest BCUT2D eigenvalue weighted by Crippen LogP contribution is -1.88. The molecule has 0 rings (SSSR count). The third-order valence-corrected chi connectivity index (χ3v) is 0.691. The summed E-state index contributed by atoms with van der Waals surface area (Å²) < 4.78 is 5.00. The molecule has 0 fully saturated rings. The third kappa shape index (κ3) is 7.00. The van der Waals surface area contributed by atoms with Gasteiger partial charge in [-0.1, -0.05) is 13.2 Å². The lowest BCUT2D eigenvalue weighted by Gasteiger charge is -1.89. The minimum atomic E-state index is 0.557. The van der Waals surface area contributed by atoms with Gasteiger partial charge in [0.05, 0.1) is 13.2 Å². The van der Waals surface area contributed by atoms with Crippen LogP contribution in [-0.2, 0) is 4.74 Å². The first-order valence-electron chi connectivity index (χ1n) is 2.68. The predicted octanol–water partition coefficient (Wildman–Crippen LogP) is 1.69. The summed E-state index contributed by atoms with van der Waals surface area (Å²) in [4.78, 5) is 0. The molecule has 0 amide bonds. The van der Waals surface area contributed by atoms with E-state index in [4.69, 9.17) is 4.74 Å². The van der Waals surface area contributed by atoms with Gasteiger partial charge in [0.15, 0.2) is 0 Å². The molecule has 0 heterocycles. The Hall–Kier alpha value is -1.00. The Morgan fingerprint density at radius 3 is 1.89 bits per heavy atom. The Bertz CT molecular complexity index is 128. The zero-order valence-corrected chi connectivity index (χ0v) is 5.39. The van der Waals surface area contributed by atoms with Gasteiger partial charge in [0, 0.05) is 0 Å². The molecule has 9 heavy (non-hydrogen) atoms. The fourth-order valence-electron chi connectivity index (χ4n) is 0.304. The van der Waals surface area contributed by atoms with E-state index < -0.39 is 0 Å². The highest BCUT2D eigenvalue weighted by Gasteiger charge is 1.73. The maximum absolute atomic E-state index is 5.00. The molecule has 0 aliphatic rings. The summed E-state index contributed by atoms with van der Waals surface area (Å²) in [5, 5.41) is 0. The molecule has 0 radical (unpaired) electrons. The topological polar surface area (TPSA) is 9.23 Å². The summed E-state index contributed by atoms with van der Waals surface area (Å²) in [6.07, 6.45) is 3.44. The molecule has 0 atom stereocenters. The van der Waals surface area contributed by atoms with Crippen molar-refractivity contribution in [2.24, 2.45) is 0 Å². The standard InChI is InChI=1S/C8H10O/c1-3-5-7-9-8-6-4-2/h5-6H,1-2,7-8H2. The van der Waals surface area contributed by atoms with E-state index in [-0.39, 0.29) is 0 Å². The zero-order valence-electron chi connectivity index (χ0n) is 5.39. The largest absolute Gasteiger partial charge is 0.372 e. The number of hydrogen-bond acceptors (Lipinski definition) is 1. The predicted molar refractivity (Wildman–Crippen MR) is 38.2 cm³/mol. The van der Waals surface area contributed by atoms with E-state index in [9.17, 15) is 0 Å². The van der Waals surface area contributed by atoms with Gasteiger partial charge in [0.1, 0.15) is 0 Å². The molecule has 0 aromatic carbocycles. The Kier molecular flexibility index (Phi) is 6.22. The van der Waals surface area contributed by atoms with Crippen molar-refractivity contribution in [1.82, 2.24) is 0 Å². The number of rotatable bonds is 4. The molecule has 0 saturated heterocycles. The Morgan fingerprint density at radius 1 is 1.11 bits per heavy atom. The monoisotopic (exact) mass is 122 g/mol. The van der Waals surface area contributed by atoms with Gasteiger partial charge in [0.2, 0.25) is 0 Å². The Morgan fingerprint density at radius 2 is 1.56 bits per heavy atom. The highest BCUT2D eigenvalue weighted by atomic mass is 16.5. The fraction of sp³-hybridized carbons (Fsp3) is 0.250. The van der Waals surface area contributed by atoms with Crippen LogP contribution in [0.25, 0.3) is 0 Å². The molecule has 1 heteroatoms. The third-order valence-electron chi connectivity index (χ3n) is 0.691. The second kappa shape index (κ2) is 7.00. The van der Waals surface area contributed by atoms with Crippen LogP contribution in [0.4, 0.5) is 0 Å². The minimum Gasteiger partial charge on any atom is -0.372 e. The maximum Gasteiger partial charge on any atom is 0.0725 e. The van der Waals surface area contributed by atoms with Crippen LogP contribution in [0.15, 0.2) is 36.8 Å². The molecule has 0 unspecified atom stereocenters. The maximum atomic E-state index is 5.00. The lowest BCUT2D eigenvalue weighted by molar-refractivity contribution is 0.194. The molecular formula is C8H10O. The number of ether oxygens (including phenoxy) is 1. The van der Waals surface area contributed by atoms with Crippen LogP contribution in [-0.4, -0.2) is 13.2 Å². The van der Waals surface area contributed by atoms with E-state index in [1.54, 1.807) is 12.2 Å². The minimum absolute atomic E-state index is 0.557. The van der Waals surface area contributed by atoms with E-state index in [0.29, 0.717) is 13.2 Å². The van der Waals surface area contributed by atoms with Gasteiger partial charge in [-0.25, -0.2) is 0 Å². The molecule has 0 aliphatic heterocycles. The molecule has 0 N–H and O–H groups in total. The van der Waals surface area contributed by atoms with Crippen LogP contribution in [0, 0.1) is 0 Å². The van der Waals surface area contributed by atoms with Crippen molar-refractivity contribution >= 4 is 0 Å². The fourth-order valence-corrected chi connectivity index (χ4v) is 0.304. The summed E-state index contributed by atoms with van der Waals surface area (Å²) >= 11 is 0. The van der Waals surface area contributed by atoms with Gasteiger partial charge in [-0.3, -0.25) is 0 Å². The average Bonchev–Trinajstić information content (AvgIpc) is 1.89. The van der Waals surface area contributed by atoms with Gasteiger partial charge in [-0.2, -0.15) is 0 Å². The Labute approximate surface area is 55.6 Å². The molecule has 0 aromatic rings. The van der Waals surface area contributed by atoms with Crippen LogP contribution in [0.5, 0.6) is 0 Å². The highest BCUT2D eigenvalue weighted by molar-refractivity contribution is 4.78. The summed E-state index contributed by atoms with van der Waals surface area (Å²) in [7, 11) is 0. The van der Waals surface area contributed by atoms with Gasteiger partial charge in [-0.05, 0) is 12.2 Å². The van der Waals surface area contributed by atoms with E-state index in [2.05, 4.69) is 24.6 Å². The quantitative estimate of drug-likeness (QED) is 0.407. The zero-order chi connectivity index (χ0) is 6.95. The molecule has 48 valence electrons. The second-order valence-corrected chi connectivity index (χ2v) is 1.35.